The Bertz CT molecular complexity index is 1310. The number of carbonyl (C=O) groups excluding carboxylic acids is 2. The predicted molar refractivity (Wildman–Crippen MR) is 139 cm³/mol. The lowest BCUT2D eigenvalue weighted by Crippen LogP contribution is -2.30. The molecule has 0 unspecified atom stereocenters. The summed E-state index contributed by atoms with van der Waals surface area (Å²) in [5, 5.41) is 2.66. The molecule has 1 N–H and O–H groups in total. The first-order valence-electron chi connectivity index (χ1n) is 11.1. The maximum atomic E-state index is 14.0. The minimum absolute atomic E-state index is 0.0473. The quantitative estimate of drug-likeness (QED) is 0.206. The molecule has 0 aromatic heterocycles. The number of halogens is 2. The van der Waals surface area contributed by atoms with E-state index in [1.807, 2.05) is 44.2 Å². The summed E-state index contributed by atoms with van der Waals surface area (Å²) in [5.41, 5.74) is 3.21. The topological polar surface area (TPSA) is 67.9 Å². The molecule has 1 saturated heterocycles. The molecule has 0 aliphatic carbocycles. The first-order valence-corrected chi connectivity index (χ1v) is 12.2. The Morgan fingerprint density at radius 1 is 1.06 bits per heavy atom. The third-order valence-electron chi connectivity index (χ3n) is 5.36. The fourth-order valence-corrected chi connectivity index (χ4v) is 4.50. The maximum absolute atomic E-state index is 14.0. The lowest BCUT2D eigenvalue weighted by Gasteiger charge is -2.15. The highest BCUT2D eigenvalue weighted by molar-refractivity contribution is 14.1. The van der Waals surface area contributed by atoms with Crippen LogP contribution in [0.5, 0.6) is 11.5 Å². The Kier molecular flexibility index (Phi) is 7.70. The number of nitrogens with one attached hydrogen (secondary N) is 1. The van der Waals surface area contributed by atoms with E-state index in [-0.39, 0.29) is 24.7 Å². The predicted octanol–water partition coefficient (Wildman–Crippen LogP) is 5.81. The molecule has 180 valence electrons. The van der Waals surface area contributed by atoms with Crippen molar-refractivity contribution in [2.45, 2.75) is 27.0 Å². The molecule has 1 heterocycles. The molecule has 8 heteroatoms. The molecule has 0 bridgehead atoms. The summed E-state index contributed by atoms with van der Waals surface area (Å²) in [6.07, 6.45) is 1.61. The molecule has 0 spiro atoms. The van der Waals surface area contributed by atoms with Crippen LogP contribution >= 0.6 is 22.6 Å². The summed E-state index contributed by atoms with van der Waals surface area (Å²) in [6, 6.07) is 17.2. The first-order chi connectivity index (χ1) is 16.9. The summed E-state index contributed by atoms with van der Waals surface area (Å²) in [5.74, 6) is 0.216. The normalized spacial score (nSPS) is 14.4. The average molecular weight is 586 g/mol. The third-order valence-corrected chi connectivity index (χ3v) is 6.16. The minimum atomic E-state index is -0.465. The smallest absolute Gasteiger partial charge is 0.329 e. The number of aryl methyl sites for hydroxylation is 1. The molecule has 4 rings (SSSR count). The lowest BCUT2D eigenvalue weighted by atomic mass is 10.1. The van der Waals surface area contributed by atoms with Crippen LogP contribution in [0, 0.1) is 16.3 Å². The van der Waals surface area contributed by atoms with Crippen LogP contribution in [0.3, 0.4) is 0 Å². The second-order valence-corrected chi connectivity index (χ2v) is 9.17. The van der Waals surface area contributed by atoms with Crippen LogP contribution in [0.25, 0.3) is 6.08 Å². The Labute approximate surface area is 216 Å². The molecule has 3 aromatic rings. The highest BCUT2D eigenvalue weighted by Gasteiger charge is 2.33. The summed E-state index contributed by atoms with van der Waals surface area (Å²) >= 11 is 2.11. The van der Waals surface area contributed by atoms with Crippen LogP contribution < -0.4 is 14.8 Å². The standard InChI is InChI=1S/C27H24FIN2O4/c1-3-34-24-14-19(12-22(29)25(24)35-16-20-9-4-5-10-21(20)28)13-23-26(32)31(27(33)30-23)15-18-8-6-7-17(2)11-18/h4-14H,3,15-16H2,1-2H3,(H,30,33)/b23-13+. The molecule has 1 fully saturated rings. The summed E-state index contributed by atoms with van der Waals surface area (Å²) in [6.45, 7) is 4.44. The van der Waals surface area contributed by atoms with Gasteiger partial charge in [-0.1, -0.05) is 48.0 Å². The van der Waals surface area contributed by atoms with Crippen molar-refractivity contribution in [2.75, 3.05) is 6.61 Å². The Balaban J connectivity index is 1.56. The fourth-order valence-electron chi connectivity index (χ4n) is 3.71. The largest absolute Gasteiger partial charge is 0.490 e. The number of imide groups is 1. The number of ether oxygens (including phenoxy) is 2. The number of amides is 3. The number of urea groups is 1. The molecule has 0 radical (unpaired) electrons. The molecule has 6 nitrogen and oxygen atoms in total. The number of hydrogen-bond donors (Lipinski definition) is 1. The van der Waals surface area contributed by atoms with Crippen molar-refractivity contribution >= 4 is 40.6 Å². The number of rotatable bonds is 8. The average Bonchev–Trinajstić information content (AvgIpc) is 3.07. The van der Waals surface area contributed by atoms with Crippen LogP contribution in [0.15, 0.2) is 66.4 Å². The van der Waals surface area contributed by atoms with Gasteiger partial charge in [0.05, 0.1) is 16.7 Å². The first kappa shape index (κ1) is 24.7. The van der Waals surface area contributed by atoms with Gasteiger partial charge in [0.15, 0.2) is 11.5 Å². The van der Waals surface area contributed by atoms with Crippen molar-refractivity contribution in [3.8, 4) is 11.5 Å². The van der Waals surface area contributed by atoms with Crippen LogP contribution in [0.1, 0.15) is 29.2 Å². The lowest BCUT2D eigenvalue weighted by molar-refractivity contribution is -0.123. The van der Waals surface area contributed by atoms with E-state index in [1.54, 1.807) is 30.3 Å². The van der Waals surface area contributed by atoms with Gasteiger partial charge in [-0.25, -0.2) is 9.18 Å². The van der Waals surface area contributed by atoms with Gasteiger partial charge in [0, 0.05) is 5.56 Å². The Hall–Kier alpha value is -3.40. The van der Waals surface area contributed by atoms with Gasteiger partial charge in [-0.2, -0.15) is 0 Å². The highest BCUT2D eigenvalue weighted by Crippen LogP contribution is 2.36. The number of nitrogens with zero attached hydrogens (tertiary/aromatic N) is 1. The van der Waals surface area contributed by atoms with Crippen molar-refractivity contribution in [3.63, 3.8) is 0 Å². The fraction of sp³-hybridized carbons (Fsp3) is 0.185. The Morgan fingerprint density at radius 2 is 1.86 bits per heavy atom. The van der Waals surface area contributed by atoms with Gasteiger partial charge in [0.1, 0.15) is 18.1 Å². The van der Waals surface area contributed by atoms with E-state index in [0.717, 1.165) is 14.7 Å². The van der Waals surface area contributed by atoms with E-state index < -0.39 is 11.9 Å². The van der Waals surface area contributed by atoms with Crippen molar-refractivity contribution in [3.05, 3.63) is 98.0 Å². The Morgan fingerprint density at radius 3 is 2.60 bits per heavy atom. The van der Waals surface area contributed by atoms with Gasteiger partial charge in [0.2, 0.25) is 0 Å². The zero-order chi connectivity index (χ0) is 24.9. The van der Waals surface area contributed by atoms with E-state index in [2.05, 4.69) is 27.9 Å². The minimum Gasteiger partial charge on any atom is -0.490 e. The highest BCUT2D eigenvalue weighted by atomic mass is 127. The van der Waals surface area contributed by atoms with E-state index in [0.29, 0.717) is 29.2 Å². The monoisotopic (exact) mass is 586 g/mol. The van der Waals surface area contributed by atoms with Gasteiger partial charge in [-0.3, -0.25) is 9.69 Å². The maximum Gasteiger partial charge on any atom is 0.329 e. The van der Waals surface area contributed by atoms with Crippen molar-refractivity contribution in [1.82, 2.24) is 10.2 Å². The zero-order valence-corrected chi connectivity index (χ0v) is 21.5. The van der Waals surface area contributed by atoms with Gasteiger partial charge in [-0.15, -0.1) is 0 Å². The molecule has 3 aromatic carbocycles. The van der Waals surface area contributed by atoms with Gasteiger partial charge in [0.25, 0.3) is 5.91 Å². The number of benzene rings is 3. The van der Waals surface area contributed by atoms with Crippen molar-refractivity contribution in [2.24, 2.45) is 0 Å². The summed E-state index contributed by atoms with van der Waals surface area (Å²) < 4.78 is 26.4. The molecule has 35 heavy (non-hydrogen) atoms. The third kappa shape index (κ3) is 5.82. The SMILES string of the molecule is CCOc1cc(/C=C2/NC(=O)N(Cc3cccc(C)c3)C2=O)cc(I)c1OCc1ccccc1F. The van der Waals surface area contributed by atoms with Crippen LogP contribution in [0.2, 0.25) is 0 Å². The number of hydrogen-bond acceptors (Lipinski definition) is 4. The van der Waals surface area contributed by atoms with E-state index in [9.17, 15) is 14.0 Å². The van der Waals surface area contributed by atoms with Crippen LogP contribution in [-0.4, -0.2) is 23.4 Å². The van der Waals surface area contributed by atoms with Gasteiger partial charge in [-0.05, 0) is 71.8 Å². The molecule has 0 saturated carbocycles. The molecule has 3 amide bonds. The zero-order valence-electron chi connectivity index (χ0n) is 19.3. The summed E-state index contributed by atoms with van der Waals surface area (Å²) in [7, 11) is 0. The van der Waals surface area contributed by atoms with Crippen LogP contribution in [-0.2, 0) is 17.9 Å². The van der Waals surface area contributed by atoms with Gasteiger partial charge >= 0.3 is 6.03 Å². The van der Waals surface area contributed by atoms with Crippen molar-refractivity contribution < 1.29 is 23.5 Å². The molecular formula is C27H24FIN2O4. The second kappa shape index (κ2) is 10.9. The van der Waals surface area contributed by atoms with Crippen LogP contribution in [0.4, 0.5) is 9.18 Å². The van der Waals surface area contributed by atoms with Crippen molar-refractivity contribution in [1.29, 1.82) is 0 Å². The molecular weight excluding hydrogens is 562 g/mol. The second-order valence-electron chi connectivity index (χ2n) is 8.01. The van der Waals surface area contributed by atoms with E-state index >= 15 is 0 Å². The summed E-state index contributed by atoms with van der Waals surface area (Å²) in [4.78, 5) is 26.6. The van der Waals surface area contributed by atoms with Gasteiger partial charge < -0.3 is 14.8 Å². The molecule has 1 aliphatic heterocycles. The molecule has 1 aliphatic rings. The molecule has 0 atom stereocenters. The van der Waals surface area contributed by atoms with E-state index in [1.165, 1.54) is 11.0 Å². The van der Waals surface area contributed by atoms with E-state index in [4.69, 9.17) is 9.47 Å². The number of carbonyl (C=O) groups is 2.